The second-order valence-electron chi connectivity index (χ2n) is 7.52. The van der Waals surface area contributed by atoms with Crippen LogP contribution in [0.25, 0.3) is 0 Å². The predicted octanol–water partition coefficient (Wildman–Crippen LogP) is 4.29. The van der Waals surface area contributed by atoms with Crippen LogP contribution in [0.3, 0.4) is 0 Å². The lowest BCUT2D eigenvalue weighted by molar-refractivity contribution is 0.0943. The number of urea groups is 1. The minimum absolute atomic E-state index is 0.0376. The molecule has 1 aliphatic carbocycles. The molecule has 1 aromatic rings. The van der Waals surface area contributed by atoms with Crippen LogP contribution in [0.5, 0.6) is 0 Å². The number of hydrogen-bond donors (Lipinski definition) is 1. The molecule has 0 spiro atoms. The summed E-state index contributed by atoms with van der Waals surface area (Å²) in [6, 6.07) is 9.00. The van der Waals surface area contributed by atoms with Crippen molar-refractivity contribution in [2.45, 2.75) is 57.9 Å². The largest absolute Gasteiger partial charge is 0.322 e. The standard InChI is InChI=1S/C20H31N3O/c1-16(2)17-8-10-18(11-9-17)21-20(24)23-14-12-22(13-15-23)19-6-4-3-5-7-19/h8-11,16,19H,3-7,12-15H2,1-2H3,(H,21,24). The van der Waals surface area contributed by atoms with Gasteiger partial charge in [0.15, 0.2) is 0 Å². The van der Waals surface area contributed by atoms with Gasteiger partial charge in [-0.3, -0.25) is 4.90 Å². The normalized spacial score (nSPS) is 20.4. The van der Waals surface area contributed by atoms with Gasteiger partial charge in [0.05, 0.1) is 0 Å². The van der Waals surface area contributed by atoms with Gasteiger partial charge in [0.1, 0.15) is 0 Å². The number of nitrogens with zero attached hydrogens (tertiary/aromatic N) is 2. The summed E-state index contributed by atoms with van der Waals surface area (Å²) in [6.45, 7) is 8.08. The zero-order valence-electron chi connectivity index (χ0n) is 15.1. The van der Waals surface area contributed by atoms with E-state index in [1.165, 1.54) is 37.7 Å². The molecule has 1 aliphatic heterocycles. The van der Waals surface area contributed by atoms with Gasteiger partial charge in [-0.2, -0.15) is 0 Å². The molecule has 0 unspecified atom stereocenters. The molecule has 132 valence electrons. The molecule has 2 amide bonds. The van der Waals surface area contributed by atoms with E-state index in [4.69, 9.17) is 0 Å². The minimum Gasteiger partial charge on any atom is -0.322 e. The van der Waals surface area contributed by atoms with E-state index in [-0.39, 0.29) is 6.03 Å². The Kier molecular flexibility index (Phi) is 5.77. The van der Waals surface area contributed by atoms with Gasteiger partial charge in [-0.15, -0.1) is 0 Å². The van der Waals surface area contributed by atoms with E-state index in [0.29, 0.717) is 5.92 Å². The van der Waals surface area contributed by atoms with Gasteiger partial charge in [0.25, 0.3) is 0 Å². The molecular formula is C20H31N3O. The fraction of sp³-hybridized carbons (Fsp3) is 0.650. The van der Waals surface area contributed by atoms with Crippen molar-refractivity contribution >= 4 is 11.7 Å². The first kappa shape index (κ1) is 17.3. The molecule has 0 atom stereocenters. The number of hydrogen-bond acceptors (Lipinski definition) is 2. The van der Waals surface area contributed by atoms with E-state index in [1.807, 2.05) is 17.0 Å². The number of benzene rings is 1. The Morgan fingerprint density at radius 1 is 1.00 bits per heavy atom. The van der Waals surface area contributed by atoms with E-state index in [1.54, 1.807) is 0 Å². The maximum atomic E-state index is 12.5. The Morgan fingerprint density at radius 2 is 1.62 bits per heavy atom. The molecule has 2 aliphatic rings. The number of anilines is 1. The highest BCUT2D eigenvalue weighted by molar-refractivity contribution is 5.89. The molecule has 1 N–H and O–H groups in total. The zero-order chi connectivity index (χ0) is 16.9. The highest BCUT2D eigenvalue weighted by atomic mass is 16.2. The molecule has 1 heterocycles. The summed E-state index contributed by atoms with van der Waals surface area (Å²) in [5.41, 5.74) is 2.19. The van der Waals surface area contributed by atoms with Gasteiger partial charge in [0.2, 0.25) is 0 Å². The van der Waals surface area contributed by atoms with Gasteiger partial charge in [0, 0.05) is 37.9 Å². The lowest BCUT2D eigenvalue weighted by Crippen LogP contribution is -2.53. The molecule has 0 bridgehead atoms. The molecule has 0 radical (unpaired) electrons. The van der Waals surface area contributed by atoms with Crippen LogP contribution >= 0.6 is 0 Å². The molecule has 24 heavy (non-hydrogen) atoms. The highest BCUT2D eigenvalue weighted by Gasteiger charge is 2.26. The van der Waals surface area contributed by atoms with Crippen LogP contribution < -0.4 is 5.32 Å². The van der Waals surface area contributed by atoms with Crippen LogP contribution in [-0.4, -0.2) is 48.1 Å². The molecule has 4 nitrogen and oxygen atoms in total. The lowest BCUT2D eigenvalue weighted by atomic mass is 9.94. The van der Waals surface area contributed by atoms with Crippen LogP contribution in [0.4, 0.5) is 10.5 Å². The van der Waals surface area contributed by atoms with Crippen LogP contribution in [0, 0.1) is 0 Å². The highest BCUT2D eigenvalue weighted by Crippen LogP contribution is 2.23. The van der Waals surface area contributed by atoms with Gasteiger partial charge in [-0.25, -0.2) is 4.79 Å². The first-order valence-corrected chi connectivity index (χ1v) is 9.53. The van der Waals surface area contributed by atoms with Crippen LogP contribution in [-0.2, 0) is 0 Å². The molecule has 0 aromatic heterocycles. The van der Waals surface area contributed by atoms with Crippen molar-refractivity contribution in [2.24, 2.45) is 0 Å². The smallest absolute Gasteiger partial charge is 0.321 e. The maximum Gasteiger partial charge on any atom is 0.321 e. The summed E-state index contributed by atoms with van der Waals surface area (Å²) in [5, 5.41) is 3.04. The van der Waals surface area contributed by atoms with Gasteiger partial charge in [-0.1, -0.05) is 45.2 Å². The summed E-state index contributed by atoms with van der Waals surface area (Å²) in [5.74, 6) is 0.516. The Hall–Kier alpha value is -1.55. The van der Waals surface area contributed by atoms with Gasteiger partial charge >= 0.3 is 6.03 Å². The van der Waals surface area contributed by atoms with Crippen LogP contribution in [0.15, 0.2) is 24.3 Å². The predicted molar refractivity (Wildman–Crippen MR) is 99.6 cm³/mol. The van der Waals surface area contributed by atoms with Crippen molar-refractivity contribution in [3.8, 4) is 0 Å². The van der Waals surface area contributed by atoms with Crippen molar-refractivity contribution in [1.82, 2.24) is 9.80 Å². The zero-order valence-corrected chi connectivity index (χ0v) is 15.1. The fourth-order valence-corrected chi connectivity index (χ4v) is 3.89. The summed E-state index contributed by atoms with van der Waals surface area (Å²) < 4.78 is 0. The van der Waals surface area contributed by atoms with Crippen molar-refractivity contribution < 1.29 is 4.79 Å². The van der Waals surface area contributed by atoms with Crippen LogP contribution in [0.2, 0.25) is 0 Å². The lowest BCUT2D eigenvalue weighted by Gasteiger charge is -2.40. The maximum absolute atomic E-state index is 12.5. The Balaban J connectivity index is 1.48. The van der Waals surface area contributed by atoms with E-state index in [9.17, 15) is 4.79 Å². The summed E-state index contributed by atoms with van der Waals surface area (Å²) in [4.78, 5) is 17.0. The first-order valence-electron chi connectivity index (χ1n) is 9.53. The number of rotatable bonds is 3. The molecule has 3 rings (SSSR count). The quantitative estimate of drug-likeness (QED) is 0.898. The molecule has 1 saturated carbocycles. The molecular weight excluding hydrogens is 298 g/mol. The minimum atomic E-state index is 0.0376. The first-order chi connectivity index (χ1) is 11.6. The number of nitrogens with one attached hydrogen (secondary N) is 1. The molecule has 1 aromatic carbocycles. The second-order valence-corrected chi connectivity index (χ2v) is 7.52. The number of amides is 2. The second kappa shape index (κ2) is 8.02. The third kappa shape index (κ3) is 4.29. The average Bonchev–Trinajstić information content (AvgIpc) is 2.63. The fourth-order valence-electron chi connectivity index (χ4n) is 3.89. The topological polar surface area (TPSA) is 35.6 Å². The monoisotopic (exact) mass is 329 g/mol. The van der Waals surface area contributed by atoms with Crippen molar-refractivity contribution in [3.05, 3.63) is 29.8 Å². The third-order valence-electron chi connectivity index (χ3n) is 5.52. The molecule has 1 saturated heterocycles. The Morgan fingerprint density at radius 3 is 2.21 bits per heavy atom. The summed E-state index contributed by atoms with van der Waals surface area (Å²) in [6.07, 6.45) is 6.83. The number of carbonyl (C=O) groups is 1. The van der Waals surface area contributed by atoms with E-state index >= 15 is 0 Å². The number of carbonyl (C=O) groups excluding carboxylic acids is 1. The average molecular weight is 329 g/mol. The Bertz CT molecular complexity index is 526. The van der Waals surface area contributed by atoms with E-state index in [2.05, 4.69) is 36.2 Å². The molecule has 4 heteroatoms. The summed E-state index contributed by atoms with van der Waals surface area (Å²) >= 11 is 0. The van der Waals surface area contributed by atoms with E-state index in [0.717, 1.165) is 37.9 Å². The Labute approximate surface area is 146 Å². The van der Waals surface area contributed by atoms with Gasteiger partial charge < -0.3 is 10.2 Å². The van der Waals surface area contributed by atoms with E-state index < -0.39 is 0 Å². The van der Waals surface area contributed by atoms with Gasteiger partial charge in [-0.05, 0) is 36.5 Å². The number of piperazine rings is 1. The van der Waals surface area contributed by atoms with Crippen LogP contribution in [0.1, 0.15) is 57.4 Å². The molecule has 2 fully saturated rings. The van der Waals surface area contributed by atoms with Crippen molar-refractivity contribution in [1.29, 1.82) is 0 Å². The van der Waals surface area contributed by atoms with Crippen molar-refractivity contribution in [2.75, 3.05) is 31.5 Å². The summed E-state index contributed by atoms with van der Waals surface area (Å²) in [7, 11) is 0. The SMILES string of the molecule is CC(C)c1ccc(NC(=O)N2CCN(C3CCCCC3)CC2)cc1. The third-order valence-corrected chi connectivity index (χ3v) is 5.52. The van der Waals surface area contributed by atoms with Crippen molar-refractivity contribution in [3.63, 3.8) is 0 Å².